The minimum Gasteiger partial charge on any atom is -0.379 e. The summed E-state index contributed by atoms with van der Waals surface area (Å²) in [4.78, 5) is 21.0. The van der Waals surface area contributed by atoms with E-state index in [1.54, 1.807) is 18.1 Å². The number of sulfone groups is 1. The third kappa shape index (κ3) is 5.40. The van der Waals surface area contributed by atoms with Crippen molar-refractivity contribution in [1.82, 2.24) is 20.1 Å². The normalized spacial score (nSPS) is 22.1. The largest absolute Gasteiger partial charge is 0.379 e. The number of morpholine rings is 1. The van der Waals surface area contributed by atoms with E-state index in [-0.39, 0.29) is 29.6 Å². The fraction of sp³-hybridized carbons (Fsp3) is 0.667. The molecule has 0 spiro atoms. The molecule has 1 atom stereocenters. The van der Waals surface area contributed by atoms with E-state index >= 15 is 0 Å². The predicted octanol–water partition coefficient (Wildman–Crippen LogP) is 0.674. The Bertz CT molecular complexity index is 708. The predicted molar refractivity (Wildman–Crippen MR) is 102 cm³/mol. The summed E-state index contributed by atoms with van der Waals surface area (Å²) < 4.78 is 28.6. The highest BCUT2D eigenvalue weighted by Gasteiger charge is 2.29. The highest BCUT2D eigenvalue weighted by Crippen LogP contribution is 2.20. The number of pyridine rings is 1. The van der Waals surface area contributed by atoms with Gasteiger partial charge in [0.25, 0.3) is 0 Å². The highest BCUT2D eigenvalue weighted by molar-refractivity contribution is 7.91. The van der Waals surface area contributed by atoms with E-state index in [4.69, 9.17) is 4.74 Å². The molecule has 1 N–H and O–H groups in total. The Kier molecular flexibility index (Phi) is 6.67. The van der Waals surface area contributed by atoms with Crippen molar-refractivity contribution < 1.29 is 17.9 Å². The number of carbonyl (C=O) groups is 1. The van der Waals surface area contributed by atoms with Gasteiger partial charge in [0, 0.05) is 38.9 Å². The summed E-state index contributed by atoms with van der Waals surface area (Å²) in [6.07, 6.45) is 2.76. The van der Waals surface area contributed by atoms with Crippen molar-refractivity contribution >= 4 is 15.9 Å². The number of rotatable bonds is 5. The first-order valence-corrected chi connectivity index (χ1v) is 11.2. The van der Waals surface area contributed by atoms with Crippen LogP contribution in [0.5, 0.6) is 0 Å². The van der Waals surface area contributed by atoms with E-state index in [1.807, 2.05) is 18.2 Å². The molecule has 1 unspecified atom stereocenters. The van der Waals surface area contributed by atoms with E-state index in [0.717, 1.165) is 18.8 Å². The molecule has 8 nitrogen and oxygen atoms in total. The van der Waals surface area contributed by atoms with Crippen LogP contribution in [0.3, 0.4) is 0 Å². The topological polar surface area (TPSA) is 91.8 Å². The second-order valence-electron chi connectivity index (χ2n) is 7.10. The van der Waals surface area contributed by atoms with Crippen molar-refractivity contribution in [2.45, 2.75) is 24.9 Å². The zero-order valence-electron chi connectivity index (χ0n) is 15.7. The minimum absolute atomic E-state index is 0.0146. The summed E-state index contributed by atoms with van der Waals surface area (Å²) in [5.74, 6) is 0.305. The Labute approximate surface area is 160 Å². The Morgan fingerprint density at radius 1 is 1.33 bits per heavy atom. The molecule has 0 radical (unpaired) electrons. The van der Waals surface area contributed by atoms with Crippen molar-refractivity contribution in [3.8, 4) is 0 Å². The molecule has 2 aliphatic rings. The Hall–Kier alpha value is -1.71. The fourth-order valence-electron chi connectivity index (χ4n) is 3.62. The summed E-state index contributed by atoms with van der Waals surface area (Å²) in [5, 5.41) is 3.01. The number of nitrogens with zero attached hydrogens (tertiary/aromatic N) is 3. The van der Waals surface area contributed by atoms with Crippen LogP contribution in [-0.4, -0.2) is 86.7 Å². The van der Waals surface area contributed by atoms with Gasteiger partial charge in [0.1, 0.15) is 9.84 Å². The lowest BCUT2D eigenvalue weighted by atomic mass is 10.1. The van der Waals surface area contributed by atoms with Gasteiger partial charge in [-0.15, -0.1) is 0 Å². The molecule has 0 aromatic carbocycles. The van der Waals surface area contributed by atoms with Crippen molar-refractivity contribution in [2.75, 3.05) is 51.4 Å². The molecule has 1 aromatic heterocycles. The van der Waals surface area contributed by atoms with Crippen molar-refractivity contribution in [3.05, 3.63) is 30.1 Å². The van der Waals surface area contributed by atoms with Gasteiger partial charge < -0.3 is 15.0 Å². The number of aromatic nitrogens is 1. The van der Waals surface area contributed by atoms with Gasteiger partial charge in [0.2, 0.25) is 0 Å². The van der Waals surface area contributed by atoms with Crippen molar-refractivity contribution in [2.24, 2.45) is 0 Å². The second kappa shape index (κ2) is 8.99. The van der Waals surface area contributed by atoms with Crippen LogP contribution in [0, 0.1) is 0 Å². The maximum atomic E-state index is 12.6. The zero-order chi connectivity index (χ0) is 19.3. The van der Waals surface area contributed by atoms with Crippen LogP contribution in [0.1, 0.15) is 24.6 Å². The first-order chi connectivity index (χ1) is 13.0. The first-order valence-electron chi connectivity index (χ1n) is 9.40. The SMILES string of the molecule is CN(C(=O)NCC(c1ccccn1)N1CCOCC1)C1CCS(=O)(=O)CC1. The molecule has 3 rings (SSSR count). The molecule has 0 saturated carbocycles. The molecule has 0 aliphatic carbocycles. The quantitative estimate of drug-likeness (QED) is 0.787. The van der Waals surface area contributed by atoms with E-state index in [0.29, 0.717) is 32.6 Å². The zero-order valence-corrected chi connectivity index (χ0v) is 16.5. The summed E-state index contributed by atoms with van der Waals surface area (Å²) in [5.41, 5.74) is 0.922. The third-order valence-electron chi connectivity index (χ3n) is 5.35. The van der Waals surface area contributed by atoms with E-state index < -0.39 is 9.84 Å². The Balaban J connectivity index is 1.60. The number of ether oxygens (including phenoxy) is 1. The number of amides is 2. The summed E-state index contributed by atoms with van der Waals surface area (Å²) >= 11 is 0. The molecular formula is C18H28N4O4S. The van der Waals surface area contributed by atoms with Gasteiger partial charge in [-0.25, -0.2) is 13.2 Å². The van der Waals surface area contributed by atoms with Gasteiger partial charge in [0.05, 0.1) is 36.5 Å². The number of hydrogen-bond donors (Lipinski definition) is 1. The molecule has 150 valence electrons. The van der Waals surface area contributed by atoms with Crippen LogP contribution in [0.15, 0.2) is 24.4 Å². The Morgan fingerprint density at radius 3 is 2.67 bits per heavy atom. The minimum atomic E-state index is -2.94. The molecule has 0 bridgehead atoms. The smallest absolute Gasteiger partial charge is 0.317 e. The first kappa shape index (κ1) is 20.0. The second-order valence-corrected chi connectivity index (χ2v) is 9.40. The lowest BCUT2D eigenvalue weighted by Gasteiger charge is -2.35. The fourth-order valence-corrected chi connectivity index (χ4v) is 5.09. The molecule has 2 amide bonds. The average molecular weight is 397 g/mol. The number of nitrogens with one attached hydrogen (secondary N) is 1. The monoisotopic (exact) mass is 396 g/mol. The summed E-state index contributed by atoms with van der Waals surface area (Å²) in [7, 11) is -1.20. The lowest BCUT2D eigenvalue weighted by Crippen LogP contribution is -2.49. The van der Waals surface area contributed by atoms with Crippen LogP contribution in [-0.2, 0) is 14.6 Å². The van der Waals surface area contributed by atoms with Crippen LogP contribution in [0.2, 0.25) is 0 Å². The molecule has 1 aromatic rings. The van der Waals surface area contributed by atoms with Gasteiger partial charge in [-0.1, -0.05) is 6.07 Å². The number of urea groups is 1. The van der Waals surface area contributed by atoms with E-state index in [1.165, 1.54) is 0 Å². The van der Waals surface area contributed by atoms with Crippen LogP contribution >= 0.6 is 0 Å². The summed E-state index contributed by atoms with van der Waals surface area (Å²) in [6, 6.07) is 5.58. The molecular weight excluding hydrogens is 368 g/mol. The highest BCUT2D eigenvalue weighted by atomic mass is 32.2. The lowest BCUT2D eigenvalue weighted by molar-refractivity contribution is 0.0156. The average Bonchev–Trinajstić information content (AvgIpc) is 2.69. The van der Waals surface area contributed by atoms with Gasteiger partial charge in [-0.2, -0.15) is 0 Å². The number of hydrogen-bond acceptors (Lipinski definition) is 6. The Morgan fingerprint density at radius 2 is 2.04 bits per heavy atom. The van der Waals surface area contributed by atoms with Gasteiger partial charge in [-0.3, -0.25) is 9.88 Å². The molecule has 3 heterocycles. The number of carbonyl (C=O) groups excluding carboxylic acids is 1. The van der Waals surface area contributed by atoms with Gasteiger partial charge in [-0.05, 0) is 25.0 Å². The summed E-state index contributed by atoms with van der Waals surface area (Å²) in [6.45, 7) is 3.40. The molecule has 27 heavy (non-hydrogen) atoms. The van der Waals surface area contributed by atoms with Crippen LogP contribution in [0.4, 0.5) is 4.79 Å². The van der Waals surface area contributed by atoms with Gasteiger partial charge >= 0.3 is 6.03 Å². The maximum Gasteiger partial charge on any atom is 0.317 e. The molecule has 2 fully saturated rings. The third-order valence-corrected chi connectivity index (χ3v) is 7.07. The maximum absolute atomic E-state index is 12.6. The van der Waals surface area contributed by atoms with Crippen molar-refractivity contribution in [3.63, 3.8) is 0 Å². The van der Waals surface area contributed by atoms with Crippen molar-refractivity contribution in [1.29, 1.82) is 0 Å². The van der Waals surface area contributed by atoms with Crippen LogP contribution < -0.4 is 5.32 Å². The molecule has 2 aliphatic heterocycles. The standard InChI is InChI=1S/C18H28N4O4S/c1-21(15-5-12-27(24,25)13-6-15)18(23)20-14-17(16-4-2-3-7-19-16)22-8-10-26-11-9-22/h2-4,7,15,17H,5-6,8-14H2,1H3,(H,20,23). The van der Waals surface area contributed by atoms with Crippen LogP contribution in [0.25, 0.3) is 0 Å². The molecule has 2 saturated heterocycles. The van der Waals surface area contributed by atoms with E-state index in [9.17, 15) is 13.2 Å². The van der Waals surface area contributed by atoms with E-state index in [2.05, 4.69) is 15.2 Å². The molecule has 9 heteroatoms. The van der Waals surface area contributed by atoms with Gasteiger partial charge in [0.15, 0.2) is 0 Å².